The van der Waals surface area contributed by atoms with Crippen LogP contribution in [0.1, 0.15) is 24.8 Å². The van der Waals surface area contributed by atoms with E-state index in [1.807, 2.05) is 17.0 Å². The molecule has 0 radical (unpaired) electrons. The predicted molar refractivity (Wildman–Crippen MR) is 75.7 cm³/mol. The van der Waals surface area contributed by atoms with Crippen LogP contribution in [0.3, 0.4) is 0 Å². The molecular formula is C15H20N2O4. The summed E-state index contributed by atoms with van der Waals surface area (Å²) in [5.74, 6) is -0.819. The van der Waals surface area contributed by atoms with Gasteiger partial charge in [-0.05, 0) is 30.9 Å². The Bertz CT molecular complexity index is 470. The summed E-state index contributed by atoms with van der Waals surface area (Å²) in [4.78, 5) is 28.4. The first kappa shape index (κ1) is 15.4. The number of carboxylic acid groups (broad SMARTS) is 1. The zero-order valence-corrected chi connectivity index (χ0v) is 11.9. The number of hydrogen-bond acceptors (Lipinski definition) is 4. The Hall–Kier alpha value is -1.95. The van der Waals surface area contributed by atoms with Crippen molar-refractivity contribution in [1.29, 1.82) is 0 Å². The number of aliphatic carboxylic acids is 1. The van der Waals surface area contributed by atoms with E-state index < -0.39 is 5.97 Å². The van der Waals surface area contributed by atoms with Crippen molar-refractivity contribution < 1.29 is 19.4 Å². The summed E-state index contributed by atoms with van der Waals surface area (Å²) in [6, 6.07) is 3.83. The highest BCUT2D eigenvalue weighted by atomic mass is 16.5. The molecule has 0 atom stereocenters. The van der Waals surface area contributed by atoms with E-state index in [-0.39, 0.29) is 18.6 Å². The van der Waals surface area contributed by atoms with Gasteiger partial charge in [-0.25, -0.2) is 4.79 Å². The van der Waals surface area contributed by atoms with Crippen molar-refractivity contribution in [2.24, 2.45) is 0 Å². The van der Waals surface area contributed by atoms with Gasteiger partial charge in [-0.1, -0.05) is 6.07 Å². The minimum absolute atomic E-state index is 0.0523. The van der Waals surface area contributed by atoms with Crippen molar-refractivity contribution >= 4 is 11.9 Å². The molecule has 1 aromatic heterocycles. The maximum Gasteiger partial charge on any atom is 0.329 e. The van der Waals surface area contributed by atoms with E-state index in [0.29, 0.717) is 38.8 Å². The van der Waals surface area contributed by atoms with Crippen LogP contribution in [-0.4, -0.2) is 52.7 Å². The molecule has 2 heterocycles. The molecule has 1 fully saturated rings. The molecule has 1 N–H and O–H groups in total. The Balaban J connectivity index is 1.69. The Kier molecular flexibility index (Phi) is 5.68. The van der Waals surface area contributed by atoms with E-state index in [4.69, 9.17) is 9.84 Å². The first-order valence-electron chi connectivity index (χ1n) is 7.15. The molecule has 0 spiro atoms. The van der Waals surface area contributed by atoms with E-state index >= 15 is 0 Å². The standard InChI is InChI=1S/C15H20N2O4/c18-14(4-3-12-2-1-7-16-10-12)17-8-5-13(6-9-17)21-11-15(19)20/h1-2,7,10,13H,3-6,8-9,11H2,(H,19,20). The van der Waals surface area contributed by atoms with Crippen molar-refractivity contribution in [3.8, 4) is 0 Å². The average Bonchev–Trinajstić information content (AvgIpc) is 2.52. The number of pyridine rings is 1. The number of hydrogen-bond donors (Lipinski definition) is 1. The van der Waals surface area contributed by atoms with Crippen LogP contribution in [0.25, 0.3) is 0 Å². The van der Waals surface area contributed by atoms with Crippen LogP contribution >= 0.6 is 0 Å². The van der Waals surface area contributed by atoms with E-state index in [2.05, 4.69) is 4.98 Å². The van der Waals surface area contributed by atoms with Crippen LogP contribution < -0.4 is 0 Å². The number of ether oxygens (including phenoxy) is 1. The normalized spacial score (nSPS) is 15.9. The molecular weight excluding hydrogens is 272 g/mol. The van der Waals surface area contributed by atoms with Gasteiger partial charge in [-0.15, -0.1) is 0 Å². The SMILES string of the molecule is O=C(O)COC1CCN(C(=O)CCc2cccnc2)CC1. The van der Waals surface area contributed by atoms with Crippen LogP contribution in [0.4, 0.5) is 0 Å². The lowest BCUT2D eigenvalue weighted by molar-refractivity contribution is -0.146. The zero-order chi connectivity index (χ0) is 15.1. The summed E-state index contributed by atoms with van der Waals surface area (Å²) in [5.41, 5.74) is 1.06. The zero-order valence-electron chi connectivity index (χ0n) is 11.9. The van der Waals surface area contributed by atoms with Crippen molar-refractivity contribution in [2.75, 3.05) is 19.7 Å². The highest BCUT2D eigenvalue weighted by Crippen LogP contribution is 2.15. The number of likely N-dealkylation sites (tertiary alicyclic amines) is 1. The number of aromatic nitrogens is 1. The summed E-state index contributed by atoms with van der Waals surface area (Å²) in [6.07, 6.45) is 6.02. The Morgan fingerprint density at radius 1 is 1.38 bits per heavy atom. The monoisotopic (exact) mass is 292 g/mol. The highest BCUT2D eigenvalue weighted by Gasteiger charge is 2.23. The largest absolute Gasteiger partial charge is 0.480 e. The van der Waals surface area contributed by atoms with Crippen molar-refractivity contribution in [3.05, 3.63) is 30.1 Å². The number of amides is 1. The van der Waals surface area contributed by atoms with Gasteiger partial charge in [0.2, 0.25) is 5.91 Å². The number of piperidine rings is 1. The Labute approximate surface area is 123 Å². The minimum atomic E-state index is -0.954. The summed E-state index contributed by atoms with van der Waals surface area (Å²) in [6.45, 7) is 1.01. The first-order valence-corrected chi connectivity index (χ1v) is 7.15. The number of rotatable bonds is 6. The molecule has 1 amide bonds. The maximum absolute atomic E-state index is 12.1. The molecule has 6 heteroatoms. The van der Waals surface area contributed by atoms with Crippen molar-refractivity contribution in [2.45, 2.75) is 31.8 Å². The molecule has 0 bridgehead atoms. The third-order valence-electron chi connectivity index (χ3n) is 3.59. The molecule has 0 aromatic carbocycles. The lowest BCUT2D eigenvalue weighted by Crippen LogP contribution is -2.41. The summed E-state index contributed by atoms with van der Waals surface area (Å²) < 4.78 is 5.26. The van der Waals surface area contributed by atoms with E-state index in [1.54, 1.807) is 12.4 Å². The van der Waals surface area contributed by atoms with Gasteiger partial charge in [0, 0.05) is 31.9 Å². The Morgan fingerprint density at radius 2 is 2.14 bits per heavy atom. The molecule has 0 saturated carbocycles. The molecule has 1 aliphatic rings. The fraction of sp³-hybridized carbons (Fsp3) is 0.533. The highest BCUT2D eigenvalue weighted by molar-refractivity contribution is 5.76. The third-order valence-corrected chi connectivity index (χ3v) is 3.59. The van der Waals surface area contributed by atoms with E-state index in [1.165, 1.54) is 0 Å². The van der Waals surface area contributed by atoms with Crippen molar-refractivity contribution in [3.63, 3.8) is 0 Å². The topological polar surface area (TPSA) is 79.7 Å². The van der Waals surface area contributed by atoms with Crippen LogP contribution in [0.15, 0.2) is 24.5 Å². The van der Waals surface area contributed by atoms with Gasteiger partial charge in [0.15, 0.2) is 0 Å². The first-order chi connectivity index (χ1) is 10.1. The quantitative estimate of drug-likeness (QED) is 0.849. The number of carbonyl (C=O) groups is 2. The van der Waals surface area contributed by atoms with Crippen LogP contribution in [0.5, 0.6) is 0 Å². The van der Waals surface area contributed by atoms with Crippen LogP contribution in [0, 0.1) is 0 Å². The summed E-state index contributed by atoms with van der Waals surface area (Å²) >= 11 is 0. The van der Waals surface area contributed by atoms with Crippen molar-refractivity contribution in [1.82, 2.24) is 9.88 Å². The molecule has 1 aliphatic heterocycles. The van der Waals surface area contributed by atoms with E-state index in [0.717, 1.165) is 5.56 Å². The van der Waals surface area contributed by atoms with Gasteiger partial charge in [0.05, 0.1) is 6.10 Å². The smallest absolute Gasteiger partial charge is 0.329 e. The molecule has 1 aromatic rings. The van der Waals surface area contributed by atoms with Crippen LogP contribution in [-0.2, 0) is 20.7 Å². The summed E-state index contributed by atoms with van der Waals surface area (Å²) in [7, 11) is 0. The summed E-state index contributed by atoms with van der Waals surface area (Å²) in [5, 5.41) is 8.57. The number of carboxylic acids is 1. The van der Waals surface area contributed by atoms with Gasteiger partial charge < -0.3 is 14.7 Å². The van der Waals surface area contributed by atoms with Gasteiger partial charge >= 0.3 is 5.97 Å². The van der Waals surface area contributed by atoms with Gasteiger partial charge in [-0.2, -0.15) is 0 Å². The second-order valence-electron chi connectivity index (χ2n) is 5.15. The number of aryl methyl sites for hydroxylation is 1. The number of nitrogens with zero attached hydrogens (tertiary/aromatic N) is 2. The predicted octanol–water partition coefficient (Wildman–Crippen LogP) is 1.11. The Morgan fingerprint density at radius 3 is 2.76 bits per heavy atom. The third kappa shape index (κ3) is 5.15. The molecule has 0 aliphatic carbocycles. The fourth-order valence-corrected chi connectivity index (χ4v) is 2.42. The lowest BCUT2D eigenvalue weighted by atomic mass is 10.1. The van der Waals surface area contributed by atoms with E-state index in [9.17, 15) is 9.59 Å². The second kappa shape index (κ2) is 7.73. The maximum atomic E-state index is 12.1. The average molecular weight is 292 g/mol. The molecule has 1 saturated heterocycles. The molecule has 21 heavy (non-hydrogen) atoms. The molecule has 6 nitrogen and oxygen atoms in total. The lowest BCUT2D eigenvalue weighted by Gasteiger charge is -2.31. The molecule has 114 valence electrons. The molecule has 2 rings (SSSR count). The van der Waals surface area contributed by atoms with Gasteiger partial charge in [-0.3, -0.25) is 9.78 Å². The molecule has 0 unspecified atom stereocenters. The number of carbonyl (C=O) groups excluding carboxylic acids is 1. The van der Waals surface area contributed by atoms with Crippen LogP contribution in [0.2, 0.25) is 0 Å². The van der Waals surface area contributed by atoms with Gasteiger partial charge in [0.1, 0.15) is 6.61 Å². The second-order valence-corrected chi connectivity index (χ2v) is 5.15. The minimum Gasteiger partial charge on any atom is -0.480 e. The fourth-order valence-electron chi connectivity index (χ4n) is 2.42. The van der Waals surface area contributed by atoms with Gasteiger partial charge in [0.25, 0.3) is 0 Å².